The third-order valence-electron chi connectivity index (χ3n) is 6.30. The van der Waals surface area contributed by atoms with Crippen molar-refractivity contribution in [2.75, 3.05) is 6.61 Å². The molecule has 0 saturated carbocycles. The Labute approximate surface area is 245 Å². The van der Waals surface area contributed by atoms with Crippen molar-refractivity contribution in [1.82, 2.24) is 14.8 Å². The minimum absolute atomic E-state index is 0.0114. The van der Waals surface area contributed by atoms with Crippen molar-refractivity contribution in [1.29, 1.82) is 0 Å². The first kappa shape index (κ1) is 27.6. The molecule has 39 heavy (non-hydrogen) atoms. The molecule has 5 aromatic rings. The SMILES string of the molecule is [CH2+]COC(=O)[C@@H](OC(C)(C)C)c1c(C)cc2nc(-c3ccc4c(c3)c(Br)nn4C)sc2c1-c1ccc(Cl)cc1. The van der Waals surface area contributed by atoms with Crippen molar-refractivity contribution in [3.63, 3.8) is 0 Å². The van der Waals surface area contributed by atoms with Crippen molar-refractivity contribution in [3.8, 4) is 21.7 Å². The summed E-state index contributed by atoms with van der Waals surface area (Å²) in [5.41, 5.74) is 5.67. The van der Waals surface area contributed by atoms with E-state index in [4.69, 9.17) is 26.1 Å². The van der Waals surface area contributed by atoms with E-state index in [-0.39, 0.29) is 6.61 Å². The molecule has 0 saturated heterocycles. The summed E-state index contributed by atoms with van der Waals surface area (Å²) in [6, 6.07) is 15.8. The lowest BCUT2D eigenvalue weighted by molar-refractivity contribution is -0.166. The third-order valence-corrected chi connectivity index (χ3v) is 8.28. The van der Waals surface area contributed by atoms with Crippen LogP contribution in [0.1, 0.15) is 38.0 Å². The van der Waals surface area contributed by atoms with Crippen molar-refractivity contribution in [2.45, 2.75) is 39.4 Å². The largest absolute Gasteiger partial charge is 0.421 e. The molecule has 9 heteroatoms. The molecule has 3 aromatic carbocycles. The summed E-state index contributed by atoms with van der Waals surface area (Å²) in [4.78, 5) is 18.3. The Morgan fingerprint density at radius 2 is 1.85 bits per heavy atom. The second-order valence-electron chi connectivity index (χ2n) is 10.3. The molecule has 0 aliphatic carbocycles. The number of hydrogen-bond donors (Lipinski definition) is 0. The Hall–Kier alpha value is -2.91. The Morgan fingerprint density at radius 3 is 2.51 bits per heavy atom. The zero-order chi connectivity index (χ0) is 28.1. The van der Waals surface area contributed by atoms with Gasteiger partial charge < -0.3 is 9.47 Å². The van der Waals surface area contributed by atoms with Crippen LogP contribution in [0.4, 0.5) is 0 Å². The summed E-state index contributed by atoms with van der Waals surface area (Å²) >= 11 is 11.4. The second kappa shape index (κ2) is 10.6. The standard InChI is InChI=1S/C30H28BrClN3O3S/c1-7-37-29(36)25(38-30(3,4)5)23-16(2)14-21-26(24(23)17-8-11-19(32)12-9-17)39-28(33-21)18-10-13-22-20(15-18)27(31)34-35(22)6/h8-15,25H,1,7H2,2-6H3/q+1/t25-/m0/s1. The van der Waals surface area contributed by atoms with Gasteiger partial charge in [0.05, 0.1) is 21.3 Å². The molecule has 5 rings (SSSR count). The zero-order valence-corrected chi connectivity index (χ0v) is 25.5. The lowest BCUT2D eigenvalue weighted by Crippen LogP contribution is -2.29. The van der Waals surface area contributed by atoms with Gasteiger partial charge in [-0.15, -0.1) is 11.3 Å². The van der Waals surface area contributed by atoms with E-state index in [1.807, 2.05) is 75.8 Å². The molecule has 0 N–H and O–H groups in total. The van der Waals surface area contributed by atoms with Gasteiger partial charge in [0.1, 0.15) is 16.5 Å². The molecule has 0 spiro atoms. The number of carbonyl (C=O) groups excluding carboxylic acids is 1. The number of rotatable bonds is 6. The molecule has 2 aromatic heterocycles. The van der Waals surface area contributed by atoms with E-state index in [0.29, 0.717) is 5.02 Å². The maximum atomic E-state index is 13.3. The number of halogens is 2. The van der Waals surface area contributed by atoms with Crippen molar-refractivity contribution in [3.05, 3.63) is 76.2 Å². The highest BCUT2D eigenvalue weighted by Crippen LogP contribution is 2.45. The van der Waals surface area contributed by atoms with Gasteiger partial charge in [0, 0.05) is 34.1 Å². The average Bonchev–Trinajstić information content (AvgIpc) is 3.42. The number of aryl methyl sites for hydroxylation is 2. The quantitative estimate of drug-likeness (QED) is 0.140. The summed E-state index contributed by atoms with van der Waals surface area (Å²) in [6.07, 6.45) is -0.949. The predicted molar refractivity (Wildman–Crippen MR) is 162 cm³/mol. The van der Waals surface area contributed by atoms with E-state index in [1.165, 1.54) is 0 Å². The lowest BCUT2D eigenvalue weighted by Gasteiger charge is -2.29. The second-order valence-corrected chi connectivity index (χ2v) is 12.5. The molecular weight excluding hydrogens is 598 g/mol. The van der Waals surface area contributed by atoms with E-state index < -0.39 is 17.7 Å². The minimum Gasteiger partial charge on any atom is -0.421 e. The number of thiazole rings is 1. The Kier molecular flexibility index (Phi) is 7.50. The van der Waals surface area contributed by atoms with Gasteiger partial charge in [-0.25, -0.2) is 9.78 Å². The first-order valence-electron chi connectivity index (χ1n) is 12.4. The minimum atomic E-state index is -0.949. The summed E-state index contributed by atoms with van der Waals surface area (Å²) in [7, 11) is 1.92. The van der Waals surface area contributed by atoms with Gasteiger partial charge in [-0.2, -0.15) is 5.10 Å². The predicted octanol–water partition coefficient (Wildman–Crippen LogP) is 8.47. The van der Waals surface area contributed by atoms with Crippen LogP contribution in [0.25, 0.3) is 42.8 Å². The zero-order valence-electron chi connectivity index (χ0n) is 22.3. The van der Waals surface area contributed by atoms with Crippen LogP contribution in [0.3, 0.4) is 0 Å². The van der Waals surface area contributed by atoms with Crippen LogP contribution in [0.5, 0.6) is 0 Å². The maximum Gasteiger partial charge on any atom is 0.343 e. The summed E-state index contributed by atoms with van der Waals surface area (Å²) < 4.78 is 15.3. The number of carbonyl (C=O) groups is 1. The van der Waals surface area contributed by atoms with Crippen molar-refractivity contribution < 1.29 is 14.3 Å². The Morgan fingerprint density at radius 1 is 1.15 bits per heavy atom. The fourth-order valence-corrected chi connectivity index (χ4v) is 6.49. The molecule has 0 fully saturated rings. The molecule has 200 valence electrons. The number of benzene rings is 3. The van der Waals surface area contributed by atoms with Crippen LogP contribution >= 0.6 is 38.9 Å². The van der Waals surface area contributed by atoms with E-state index in [1.54, 1.807) is 11.3 Å². The van der Waals surface area contributed by atoms with Gasteiger partial charge in [0.15, 0.2) is 6.10 Å². The van der Waals surface area contributed by atoms with Gasteiger partial charge in [-0.1, -0.05) is 23.7 Å². The van der Waals surface area contributed by atoms with Crippen LogP contribution in [-0.2, 0) is 21.3 Å². The van der Waals surface area contributed by atoms with Gasteiger partial charge in [0.2, 0.25) is 6.61 Å². The van der Waals surface area contributed by atoms with Crippen LogP contribution in [0.15, 0.2) is 53.1 Å². The number of nitrogens with zero attached hydrogens (tertiary/aromatic N) is 3. The van der Waals surface area contributed by atoms with Crippen molar-refractivity contribution in [2.24, 2.45) is 7.05 Å². The smallest absolute Gasteiger partial charge is 0.343 e. The van der Waals surface area contributed by atoms with Crippen LogP contribution in [0, 0.1) is 13.8 Å². The summed E-state index contributed by atoms with van der Waals surface area (Å²) in [5, 5.41) is 6.98. The molecule has 2 heterocycles. The first-order chi connectivity index (χ1) is 18.5. The first-order valence-corrected chi connectivity index (χ1v) is 14.4. The number of hydrogen-bond acceptors (Lipinski definition) is 6. The van der Waals surface area contributed by atoms with E-state index in [2.05, 4.69) is 40.1 Å². The molecule has 0 radical (unpaired) electrons. The molecule has 0 aliphatic rings. The van der Waals surface area contributed by atoms with Gasteiger partial charge in [-0.05, 0) is 91.1 Å². The van der Waals surface area contributed by atoms with Crippen LogP contribution in [-0.4, -0.2) is 32.9 Å². The maximum absolute atomic E-state index is 13.3. The number of esters is 1. The topological polar surface area (TPSA) is 66.2 Å². The monoisotopic (exact) mass is 624 g/mol. The van der Waals surface area contributed by atoms with Gasteiger partial charge in [-0.3, -0.25) is 4.68 Å². The molecule has 0 aliphatic heterocycles. The van der Waals surface area contributed by atoms with Gasteiger partial charge in [0.25, 0.3) is 0 Å². The fraction of sp³-hybridized carbons (Fsp3) is 0.267. The van der Waals surface area contributed by atoms with E-state index in [0.717, 1.165) is 58.5 Å². The van der Waals surface area contributed by atoms with Gasteiger partial charge >= 0.3 is 5.97 Å². The summed E-state index contributed by atoms with van der Waals surface area (Å²) in [5.74, 6) is -0.478. The van der Waals surface area contributed by atoms with E-state index in [9.17, 15) is 4.79 Å². The molecule has 0 bridgehead atoms. The normalized spacial score (nSPS) is 12.8. The number of aromatic nitrogens is 3. The summed E-state index contributed by atoms with van der Waals surface area (Å²) in [6.45, 7) is 11.4. The highest BCUT2D eigenvalue weighted by Gasteiger charge is 2.34. The average molecular weight is 626 g/mol. The number of fused-ring (bicyclic) bond motifs is 2. The van der Waals surface area contributed by atoms with E-state index >= 15 is 0 Å². The lowest BCUT2D eigenvalue weighted by atomic mass is 9.91. The highest BCUT2D eigenvalue weighted by atomic mass is 79.9. The number of ether oxygens (including phenoxy) is 2. The van der Waals surface area contributed by atoms with Crippen molar-refractivity contribution >= 4 is 66.0 Å². The Bertz CT molecular complexity index is 1700. The molecule has 1 atom stereocenters. The molecular formula is C30H28BrClN3O3S+. The van der Waals surface area contributed by atoms with Crippen LogP contribution in [0.2, 0.25) is 5.02 Å². The molecule has 0 amide bonds. The molecule has 6 nitrogen and oxygen atoms in total. The Balaban J connectivity index is 1.78. The molecule has 0 unspecified atom stereocenters. The highest BCUT2D eigenvalue weighted by molar-refractivity contribution is 9.10. The van der Waals surface area contributed by atoms with Crippen LogP contribution < -0.4 is 0 Å². The fourth-order valence-electron chi connectivity index (χ4n) is 4.69. The third kappa shape index (κ3) is 5.43.